The van der Waals surface area contributed by atoms with Crippen molar-refractivity contribution in [1.29, 1.82) is 0 Å². The van der Waals surface area contributed by atoms with Crippen LogP contribution in [-0.2, 0) is 4.74 Å². The second-order valence-electron chi connectivity index (χ2n) is 6.46. The molecule has 0 saturated carbocycles. The molecule has 0 bridgehead atoms. The van der Waals surface area contributed by atoms with Crippen molar-refractivity contribution in [3.8, 4) is 0 Å². The lowest BCUT2D eigenvalue weighted by molar-refractivity contribution is 0.316. The quantitative estimate of drug-likeness (QED) is 0.621. The van der Waals surface area contributed by atoms with Gasteiger partial charge in [-0.15, -0.1) is 0 Å². The van der Waals surface area contributed by atoms with Crippen LogP contribution in [0.5, 0.6) is 0 Å². The Balaban J connectivity index is 1.65. The Labute approximate surface area is 156 Å². The molecule has 4 rings (SSSR count). The molecule has 0 aliphatic carbocycles. The minimum Gasteiger partial charge on any atom is -0.475 e. The van der Waals surface area contributed by atoms with Crippen molar-refractivity contribution in [2.45, 2.75) is 18.6 Å². The summed E-state index contributed by atoms with van der Waals surface area (Å²) in [6.45, 7) is 2.97. The fourth-order valence-corrected chi connectivity index (χ4v) is 6.07. The first-order valence-electron chi connectivity index (χ1n) is 8.98. The van der Waals surface area contributed by atoms with Crippen LogP contribution in [0.3, 0.4) is 0 Å². The first-order valence-corrected chi connectivity index (χ1v) is 10.4. The Hall–Kier alpha value is -2.44. The van der Waals surface area contributed by atoms with Crippen molar-refractivity contribution >= 4 is 24.4 Å². The molecule has 0 aromatic heterocycles. The maximum absolute atomic E-state index is 5.96. The number of ether oxygens (including phenoxy) is 1. The number of rotatable bonds is 5. The van der Waals surface area contributed by atoms with Crippen molar-refractivity contribution in [1.82, 2.24) is 0 Å². The second kappa shape index (κ2) is 7.85. The zero-order chi connectivity index (χ0) is 17.8. The Morgan fingerprint density at radius 1 is 0.808 bits per heavy atom. The molecule has 2 atom stereocenters. The van der Waals surface area contributed by atoms with E-state index in [9.17, 15) is 0 Å². The van der Waals surface area contributed by atoms with Crippen molar-refractivity contribution in [3.63, 3.8) is 0 Å². The van der Waals surface area contributed by atoms with E-state index in [2.05, 4.69) is 79.7 Å². The molecule has 0 spiro atoms. The Morgan fingerprint density at radius 2 is 1.31 bits per heavy atom. The fraction of sp³-hybridized carbons (Fsp3) is 0.174. The molecule has 1 aliphatic rings. The normalized spacial score (nSPS) is 17.6. The van der Waals surface area contributed by atoms with E-state index in [1.807, 2.05) is 18.2 Å². The topological polar surface area (TPSA) is 21.6 Å². The standard InChI is InChI=1S/C23H22NOP/c1-18(22-17-25-23(24-22)19-11-5-2-6-12-19)26(20-13-7-3-8-14-20)21-15-9-4-10-16-21/h2-16,18,22H,17H2,1H3/t18?,22-/m0/s1. The predicted molar refractivity (Wildman–Crippen MR) is 111 cm³/mol. The van der Waals surface area contributed by atoms with Gasteiger partial charge >= 0.3 is 0 Å². The van der Waals surface area contributed by atoms with Crippen LogP contribution in [0.1, 0.15) is 12.5 Å². The largest absolute Gasteiger partial charge is 0.475 e. The van der Waals surface area contributed by atoms with Gasteiger partial charge in [-0.25, -0.2) is 4.99 Å². The van der Waals surface area contributed by atoms with Crippen LogP contribution >= 0.6 is 7.92 Å². The van der Waals surface area contributed by atoms with E-state index in [4.69, 9.17) is 9.73 Å². The Bertz CT molecular complexity index is 825. The maximum Gasteiger partial charge on any atom is 0.216 e. The Kier molecular flexibility index (Phi) is 5.13. The molecule has 26 heavy (non-hydrogen) atoms. The van der Waals surface area contributed by atoms with Crippen molar-refractivity contribution < 1.29 is 4.74 Å². The maximum atomic E-state index is 5.96. The van der Waals surface area contributed by atoms with Gasteiger partial charge in [0.1, 0.15) is 6.61 Å². The highest BCUT2D eigenvalue weighted by molar-refractivity contribution is 7.73. The summed E-state index contributed by atoms with van der Waals surface area (Å²) in [4.78, 5) is 4.94. The average Bonchev–Trinajstić information content (AvgIpc) is 3.21. The summed E-state index contributed by atoms with van der Waals surface area (Å²) in [5.41, 5.74) is 1.46. The summed E-state index contributed by atoms with van der Waals surface area (Å²) >= 11 is 0. The highest BCUT2D eigenvalue weighted by Crippen LogP contribution is 2.42. The summed E-state index contributed by atoms with van der Waals surface area (Å²) in [6, 6.07) is 32.0. The van der Waals surface area contributed by atoms with Gasteiger partial charge in [0.2, 0.25) is 5.90 Å². The first kappa shape index (κ1) is 17.0. The molecule has 0 radical (unpaired) electrons. The molecule has 1 heterocycles. The van der Waals surface area contributed by atoms with Crippen molar-refractivity contribution in [2.75, 3.05) is 6.61 Å². The van der Waals surface area contributed by atoms with Gasteiger partial charge in [0.05, 0.1) is 6.04 Å². The molecule has 3 heteroatoms. The molecule has 1 aliphatic heterocycles. The van der Waals surface area contributed by atoms with E-state index in [0.29, 0.717) is 12.3 Å². The molecule has 2 nitrogen and oxygen atoms in total. The number of hydrogen-bond acceptors (Lipinski definition) is 2. The van der Waals surface area contributed by atoms with E-state index in [0.717, 1.165) is 11.5 Å². The number of benzene rings is 3. The third-order valence-corrected chi connectivity index (χ3v) is 7.60. The van der Waals surface area contributed by atoms with Gasteiger partial charge in [-0.1, -0.05) is 85.8 Å². The van der Waals surface area contributed by atoms with Gasteiger partial charge in [-0.05, 0) is 30.7 Å². The lowest BCUT2D eigenvalue weighted by Crippen LogP contribution is -2.29. The van der Waals surface area contributed by atoms with Gasteiger partial charge in [0.25, 0.3) is 0 Å². The van der Waals surface area contributed by atoms with Crippen LogP contribution in [-0.4, -0.2) is 24.2 Å². The molecular formula is C23H22NOP. The monoisotopic (exact) mass is 359 g/mol. The summed E-state index contributed by atoms with van der Waals surface area (Å²) in [5, 5.41) is 2.79. The lowest BCUT2D eigenvalue weighted by Gasteiger charge is -2.27. The summed E-state index contributed by atoms with van der Waals surface area (Å²) in [7, 11) is -0.498. The van der Waals surface area contributed by atoms with E-state index < -0.39 is 7.92 Å². The highest BCUT2D eigenvalue weighted by Gasteiger charge is 2.32. The van der Waals surface area contributed by atoms with Gasteiger partial charge in [-0.2, -0.15) is 0 Å². The second-order valence-corrected chi connectivity index (χ2v) is 9.05. The summed E-state index contributed by atoms with van der Waals surface area (Å²) in [6.07, 6.45) is 0. The van der Waals surface area contributed by atoms with Crippen LogP contribution in [0.15, 0.2) is 96.0 Å². The summed E-state index contributed by atoms with van der Waals surface area (Å²) in [5.74, 6) is 0.776. The zero-order valence-electron chi connectivity index (χ0n) is 14.8. The number of nitrogens with zero attached hydrogens (tertiary/aromatic N) is 1. The lowest BCUT2D eigenvalue weighted by atomic mass is 10.2. The smallest absolute Gasteiger partial charge is 0.216 e. The van der Waals surface area contributed by atoms with Crippen LogP contribution in [0.4, 0.5) is 0 Å². The first-order chi connectivity index (χ1) is 12.8. The third-order valence-electron chi connectivity index (χ3n) is 4.73. The van der Waals surface area contributed by atoms with Gasteiger partial charge < -0.3 is 4.74 Å². The van der Waals surface area contributed by atoms with Crippen LogP contribution in [0.25, 0.3) is 0 Å². The fourth-order valence-electron chi connectivity index (χ4n) is 3.34. The van der Waals surface area contributed by atoms with Crippen LogP contribution in [0.2, 0.25) is 0 Å². The average molecular weight is 359 g/mol. The minimum atomic E-state index is -0.498. The molecule has 130 valence electrons. The number of aliphatic imine (C=N–C) groups is 1. The molecule has 0 fully saturated rings. The van der Waals surface area contributed by atoms with Gasteiger partial charge in [0.15, 0.2) is 0 Å². The SMILES string of the molecule is CC([C@@H]1COC(c2ccccc2)=N1)P(c1ccccc1)c1ccccc1. The molecule has 0 saturated heterocycles. The highest BCUT2D eigenvalue weighted by atomic mass is 31.1. The van der Waals surface area contributed by atoms with Gasteiger partial charge in [-0.3, -0.25) is 0 Å². The van der Waals surface area contributed by atoms with Gasteiger partial charge in [0, 0.05) is 11.2 Å². The van der Waals surface area contributed by atoms with E-state index >= 15 is 0 Å². The molecule has 3 aromatic rings. The summed E-state index contributed by atoms with van der Waals surface area (Å²) < 4.78 is 5.96. The van der Waals surface area contributed by atoms with E-state index in [1.54, 1.807) is 0 Å². The van der Waals surface area contributed by atoms with Crippen LogP contribution < -0.4 is 10.6 Å². The molecule has 0 amide bonds. The molecule has 3 aromatic carbocycles. The zero-order valence-corrected chi connectivity index (χ0v) is 15.7. The minimum absolute atomic E-state index is 0.178. The van der Waals surface area contributed by atoms with E-state index in [-0.39, 0.29) is 6.04 Å². The van der Waals surface area contributed by atoms with Crippen LogP contribution in [0, 0.1) is 0 Å². The molecule has 1 unspecified atom stereocenters. The molecule has 0 N–H and O–H groups in total. The predicted octanol–water partition coefficient (Wildman–Crippen LogP) is 4.35. The number of hydrogen-bond donors (Lipinski definition) is 0. The van der Waals surface area contributed by atoms with Crippen molar-refractivity contribution in [3.05, 3.63) is 96.6 Å². The van der Waals surface area contributed by atoms with Crippen molar-refractivity contribution in [2.24, 2.45) is 4.99 Å². The Morgan fingerprint density at radius 3 is 1.85 bits per heavy atom. The van der Waals surface area contributed by atoms with E-state index in [1.165, 1.54) is 10.6 Å². The molecular weight excluding hydrogens is 337 g/mol. The third kappa shape index (κ3) is 3.57.